The van der Waals surface area contributed by atoms with Gasteiger partial charge in [0, 0.05) is 30.4 Å². The van der Waals surface area contributed by atoms with Crippen LogP contribution >= 0.6 is 0 Å². The molecule has 4 nitrogen and oxygen atoms in total. The van der Waals surface area contributed by atoms with Crippen LogP contribution in [0.25, 0.3) is 0 Å². The van der Waals surface area contributed by atoms with Gasteiger partial charge in [0.05, 0.1) is 0 Å². The highest BCUT2D eigenvalue weighted by atomic mass is 15.2. The highest BCUT2D eigenvalue weighted by Gasteiger charge is 2.19. The quantitative estimate of drug-likeness (QED) is 0.775. The summed E-state index contributed by atoms with van der Waals surface area (Å²) in [5, 5.41) is 0. The zero-order chi connectivity index (χ0) is 11.7. The standard InChI is InChI=1S/C12H20N4/c1-8-9(2)14-10(3)15-12(8)16-6-4-11(13)5-7-16/h11H,4-7,13H2,1-3H3. The zero-order valence-electron chi connectivity index (χ0n) is 10.3. The van der Waals surface area contributed by atoms with Crippen molar-refractivity contribution in [1.29, 1.82) is 0 Å². The van der Waals surface area contributed by atoms with E-state index in [9.17, 15) is 0 Å². The maximum absolute atomic E-state index is 5.91. The van der Waals surface area contributed by atoms with Crippen LogP contribution in [-0.4, -0.2) is 29.1 Å². The van der Waals surface area contributed by atoms with E-state index in [4.69, 9.17) is 5.73 Å². The molecule has 2 N–H and O–H groups in total. The molecule has 0 aromatic carbocycles. The summed E-state index contributed by atoms with van der Waals surface area (Å²) in [5.41, 5.74) is 8.19. The second-order valence-corrected chi connectivity index (χ2v) is 4.63. The minimum absolute atomic E-state index is 0.362. The number of nitrogens with two attached hydrogens (primary N) is 1. The SMILES string of the molecule is Cc1nc(C)c(C)c(N2CCC(N)CC2)n1. The minimum atomic E-state index is 0.362. The van der Waals surface area contributed by atoms with Crippen molar-refractivity contribution in [3.63, 3.8) is 0 Å². The summed E-state index contributed by atoms with van der Waals surface area (Å²) in [6.45, 7) is 8.11. The third kappa shape index (κ3) is 2.16. The van der Waals surface area contributed by atoms with Crippen molar-refractivity contribution in [3.8, 4) is 0 Å². The van der Waals surface area contributed by atoms with E-state index in [0.29, 0.717) is 6.04 Å². The first kappa shape index (κ1) is 11.3. The number of hydrogen-bond acceptors (Lipinski definition) is 4. The smallest absolute Gasteiger partial charge is 0.135 e. The maximum atomic E-state index is 5.91. The highest BCUT2D eigenvalue weighted by Crippen LogP contribution is 2.22. The molecular weight excluding hydrogens is 200 g/mol. The first-order valence-electron chi connectivity index (χ1n) is 5.90. The molecule has 1 aromatic heterocycles. The lowest BCUT2D eigenvalue weighted by atomic mass is 10.1. The zero-order valence-corrected chi connectivity index (χ0v) is 10.3. The summed E-state index contributed by atoms with van der Waals surface area (Å²) in [4.78, 5) is 11.3. The van der Waals surface area contributed by atoms with Crippen LogP contribution in [0.5, 0.6) is 0 Å². The van der Waals surface area contributed by atoms with Gasteiger partial charge >= 0.3 is 0 Å². The summed E-state index contributed by atoms with van der Waals surface area (Å²) >= 11 is 0. The predicted octanol–water partition coefficient (Wildman–Crippen LogP) is 1.33. The van der Waals surface area contributed by atoms with E-state index >= 15 is 0 Å². The molecule has 16 heavy (non-hydrogen) atoms. The van der Waals surface area contributed by atoms with Crippen molar-refractivity contribution in [2.45, 2.75) is 39.7 Å². The first-order valence-corrected chi connectivity index (χ1v) is 5.90. The molecule has 0 spiro atoms. The second kappa shape index (κ2) is 4.37. The molecule has 0 aliphatic carbocycles. The van der Waals surface area contributed by atoms with Gasteiger partial charge in [-0.3, -0.25) is 0 Å². The monoisotopic (exact) mass is 220 g/mol. The van der Waals surface area contributed by atoms with Gasteiger partial charge in [-0.2, -0.15) is 0 Å². The average Bonchev–Trinajstić information content (AvgIpc) is 2.25. The topological polar surface area (TPSA) is 55.0 Å². The lowest BCUT2D eigenvalue weighted by molar-refractivity contribution is 0.497. The van der Waals surface area contributed by atoms with Crippen molar-refractivity contribution in [2.75, 3.05) is 18.0 Å². The lowest BCUT2D eigenvalue weighted by Crippen LogP contribution is -2.40. The van der Waals surface area contributed by atoms with Crippen molar-refractivity contribution in [1.82, 2.24) is 9.97 Å². The molecule has 1 fully saturated rings. The molecule has 2 heterocycles. The largest absolute Gasteiger partial charge is 0.356 e. The third-order valence-corrected chi connectivity index (χ3v) is 3.31. The number of nitrogens with zero attached hydrogens (tertiary/aromatic N) is 3. The molecule has 2 rings (SSSR count). The molecular formula is C12H20N4. The first-order chi connectivity index (χ1) is 7.58. The number of aryl methyl sites for hydroxylation is 2. The second-order valence-electron chi connectivity index (χ2n) is 4.63. The Morgan fingerprint density at radius 1 is 1.12 bits per heavy atom. The predicted molar refractivity (Wildman–Crippen MR) is 65.7 cm³/mol. The van der Waals surface area contributed by atoms with Crippen LogP contribution in [0.4, 0.5) is 5.82 Å². The molecule has 1 saturated heterocycles. The molecule has 0 radical (unpaired) electrons. The number of aromatic nitrogens is 2. The van der Waals surface area contributed by atoms with Crippen LogP contribution in [0.2, 0.25) is 0 Å². The van der Waals surface area contributed by atoms with Crippen LogP contribution in [0.15, 0.2) is 0 Å². The molecule has 1 aromatic rings. The Morgan fingerprint density at radius 3 is 2.38 bits per heavy atom. The number of rotatable bonds is 1. The minimum Gasteiger partial charge on any atom is -0.356 e. The number of piperidine rings is 1. The summed E-state index contributed by atoms with van der Waals surface area (Å²) in [6.07, 6.45) is 2.11. The van der Waals surface area contributed by atoms with Crippen molar-refractivity contribution >= 4 is 5.82 Å². The Kier molecular flexibility index (Phi) is 3.10. The molecule has 4 heteroatoms. The van der Waals surface area contributed by atoms with Crippen molar-refractivity contribution in [2.24, 2.45) is 5.73 Å². The molecule has 88 valence electrons. The Bertz CT molecular complexity index is 381. The highest BCUT2D eigenvalue weighted by molar-refractivity contribution is 5.48. The number of anilines is 1. The molecule has 0 bridgehead atoms. The van der Waals surface area contributed by atoms with Gasteiger partial charge in [0.1, 0.15) is 11.6 Å². The Balaban J connectivity index is 2.26. The molecule has 0 unspecified atom stereocenters. The van der Waals surface area contributed by atoms with E-state index in [-0.39, 0.29) is 0 Å². The Morgan fingerprint density at radius 2 is 1.75 bits per heavy atom. The maximum Gasteiger partial charge on any atom is 0.135 e. The number of hydrogen-bond donors (Lipinski definition) is 1. The van der Waals surface area contributed by atoms with Crippen LogP contribution in [0, 0.1) is 20.8 Å². The van der Waals surface area contributed by atoms with Gasteiger partial charge < -0.3 is 10.6 Å². The lowest BCUT2D eigenvalue weighted by Gasteiger charge is -2.32. The molecule has 1 aliphatic rings. The summed E-state index contributed by atoms with van der Waals surface area (Å²) < 4.78 is 0. The van der Waals surface area contributed by atoms with Gasteiger partial charge in [0.25, 0.3) is 0 Å². The Labute approximate surface area is 96.9 Å². The van der Waals surface area contributed by atoms with Crippen LogP contribution in [-0.2, 0) is 0 Å². The summed E-state index contributed by atoms with van der Waals surface area (Å²) in [6, 6.07) is 0.362. The van der Waals surface area contributed by atoms with Gasteiger partial charge in [-0.25, -0.2) is 9.97 Å². The van der Waals surface area contributed by atoms with E-state index in [1.165, 1.54) is 5.56 Å². The van der Waals surface area contributed by atoms with Crippen LogP contribution in [0.3, 0.4) is 0 Å². The Hall–Kier alpha value is -1.16. The fourth-order valence-corrected chi connectivity index (χ4v) is 2.17. The third-order valence-electron chi connectivity index (χ3n) is 3.31. The summed E-state index contributed by atoms with van der Waals surface area (Å²) in [7, 11) is 0. The fourth-order valence-electron chi connectivity index (χ4n) is 2.17. The molecule has 1 aliphatic heterocycles. The van der Waals surface area contributed by atoms with Gasteiger partial charge in [-0.05, 0) is 33.6 Å². The van der Waals surface area contributed by atoms with Gasteiger partial charge in [0.2, 0.25) is 0 Å². The van der Waals surface area contributed by atoms with Crippen molar-refractivity contribution in [3.05, 3.63) is 17.1 Å². The van der Waals surface area contributed by atoms with Gasteiger partial charge in [-0.1, -0.05) is 0 Å². The normalized spacial score (nSPS) is 17.9. The van der Waals surface area contributed by atoms with E-state index in [1.54, 1.807) is 0 Å². The average molecular weight is 220 g/mol. The van der Waals surface area contributed by atoms with E-state index in [1.807, 2.05) is 13.8 Å². The van der Waals surface area contributed by atoms with Crippen molar-refractivity contribution < 1.29 is 0 Å². The van der Waals surface area contributed by atoms with E-state index in [2.05, 4.69) is 21.8 Å². The van der Waals surface area contributed by atoms with Gasteiger partial charge in [0.15, 0.2) is 0 Å². The van der Waals surface area contributed by atoms with Crippen LogP contribution < -0.4 is 10.6 Å². The van der Waals surface area contributed by atoms with Crippen LogP contribution in [0.1, 0.15) is 29.9 Å². The fraction of sp³-hybridized carbons (Fsp3) is 0.667. The molecule has 0 atom stereocenters. The van der Waals surface area contributed by atoms with Gasteiger partial charge in [-0.15, -0.1) is 0 Å². The van der Waals surface area contributed by atoms with E-state index in [0.717, 1.165) is 43.3 Å². The molecule has 0 amide bonds. The summed E-state index contributed by atoms with van der Waals surface area (Å²) in [5.74, 6) is 1.95. The van der Waals surface area contributed by atoms with E-state index < -0.39 is 0 Å². The molecule has 0 saturated carbocycles.